The lowest BCUT2D eigenvalue weighted by atomic mass is 10.1. The van der Waals surface area contributed by atoms with Crippen LogP contribution < -0.4 is 0 Å². The van der Waals surface area contributed by atoms with E-state index in [1.165, 1.54) is 12.1 Å². The van der Waals surface area contributed by atoms with Gasteiger partial charge in [0.15, 0.2) is 0 Å². The van der Waals surface area contributed by atoms with Crippen molar-refractivity contribution in [2.75, 3.05) is 6.54 Å². The zero-order chi connectivity index (χ0) is 12.7. The van der Waals surface area contributed by atoms with E-state index in [2.05, 4.69) is 21.9 Å². The Bertz CT molecular complexity index is 565. The predicted octanol–water partition coefficient (Wildman–Crippen LogP) is 2.07. The average Bonchev–Trinajstić information content (AvgIpc) is 2.34. The van der Waals surface area contributed by atoms with Gasteiger partial charge in [0.25, 0.3) is 5.69 Å². The molecule has 0 aliphatic carbocycles. The quantitative estimate of drug-likeness (QED) is 0.151. The zero-order valence-corrected chi connectivity index (χ0v) is 8.53. The Kier molecular flexibility index (Phi) is 4.25. The average molecular weight is 230 g/mol. The maximum atomic E-state index is 10.7. The zero-order valence-electron chi connectivity index (χ0n) is 8.53. The van der Waals surface area contributed by atoms with E-state index in [9.17, 15) is 14.9 Å². The van der Waals surface area contributed by atoms with Gasteiger partial charge in [-0.3, -0.25) is 14.9 Å². The number of rotatable bonds is 3. The molecule has 0 aliphatic heterocycles. The highest BCUT2D eigenvalue weighted by Crippen LogP contribution is 2.18. The lowest BCUT2D eigenvalue weighted by Crippen LogP contribution is -1.94. The molecule has 0 saturated heterocycles. The van der Waals surface area contributed by atoms with E-state index in [1.54, 1.807) is 0 Å². The molecule has 1 aromatic carbocycles. The number of azide groups is 1. The molecule has 0 amide bonds. The number of nitrogens with zero attached hydrogens (tertiary/aromatic N) is 4. The summed E-state index contributed by atoms with van der Waals surface area (Å²) < 4.78 is 0. The van der Waals surface area contributed by atoms with Crippen LogP contribution in [0.5, 0.6) is 0 Å². The van der Waals surface area contributed by atoms with E-state index in [0.29, 0.717) is 6.29 Å². The van der Waals surface area contributed by atoms with Crippen LogP contribution in [-0.2, 0) is 0 Å². The fraction of sp³-hybridized carbons (Fsp3) is 0.100. The Labute approximate surface area is 95.8 Å². The summed E-state index contributed by atoms with van der Waals surface area (Å²) in [5.74, 6) is 4.98. The molecule has 0 fully saturated rings. The van der Waals surface area contributed by atoms with Gasteiger partial charge in [0.05, 0.1) is 11.5 Å². The van der Waals surface area contributed by atoms with Crippen LogP contribution in [0.4, 0.5) is 5.69 Å². The fourth-order valence-corrected chi connectivity index (χ4v) is 1.08. The van der Waals surface area contributed by atoms with E-state index in [1.807, 2.05) is 0 Å². The molecule has 0 atom stereocenters. The molecular weight excluding hydrogens is 224 g/mol. The maximum absolute atomic E-state index is 10.7. The molecule has 0 heterocycles. The molecule has 7 nitrogen and oxygen atoms in total. The molecule has 0 aliphatic rings. The number of hydrogen-bond donors (Lipinski definition) is 0. The summed E-state index contributed by atoms with van der Waals surface area (Å²) in [5, 5.41) is 13.9. The minimum absolute atomic E-state index is 0.0664. The summed E-state index contributed by atoms with van der Waals surface area (Å²) in [4.78, 5) is 23.1. The summed E-state index contributed by atoms with van der Waals surface area (Å²) in [6.07, 6.45) is 0.518. The van der Waals surface area contributed by atoms with Gasteiger partial charge in [-0.25, -0.2) is 0 Å². The molecule has 0 bridgehead atoms. The number of benzene rings is 1. The van der Waals surface area contributed by atoms with Gasteiger partial charge in [-0.1, -0.05) is 17.0 Å². The molecule has 0 aromatic heterocycles. The van der Waals surface area contributed by atoms with Gasteiger partial charge in [0.1, 0.15) is 11.8 Å². The summed E-state index contributed by atoms with van der Waals surface area (Å²) in [6.45, 7) is -0.0664. The third-order valence-electron chi connectivity index (χ3n) is 1.79. The van der Waals surface area contributed by atoms with Crippen molar-refractivity contribution >= 4 is 12.0 Å². The topological polar surface area (TPSA) is 109 Å². The van der Waals surface area contributed by atoms with Crippen molar-refractivity contribution in [3.05, 3.63) is 49.9 Å². The van der Waals surface area contributed by atoms with E-state index in [0.717, 1.165) is 6.07 Å². The van der Waals surface area contributed by atoms with Crippen LogP contribution in [0.2, 0.25) is 0 Å². The van der Waals surface area contributed by atoms with Crippen LogP contribution in [0.3, 0.4) is 0 Å². The van der Waals surface area contributed by atoms with Crippen molar-refractivity contribution in [3.8, 4) is 11.8 Å². The Hall–Kier alpha value is -2.84. The summed E-state index contributed by atoms with van der Waals surface area (Å²) in [6, 6.07) is 3.95. The van der Waals surface area contributed by atoms with E-state index in [-0.39, 0.29) is 23.4 Å². The van der Waals surface area contributed by atoms with Gasteiger partial charge in [-0.2, -0.15) is 0 Å². The van der Waals surface area contributed by atoms with Crippen molar-refractivity contribution in [2.24, 2.45) is 5.11 Å². The van der Waals surface area contributed by atoms with Crippen molar-refractivity contribution < 1.29 is 9.72 Å². The van der Waals surface area contributed by atoms with Gasteiger partial charge in [-0.15, -0.1) is 0 Å². The van der Waals surface area contributed by atoms with Crippen molar-refractivity contribution in [1.29, 1.82) is 0 Å². The fourth-order valence-electron chi connectivity index (χ4n) is 1.08. The number of hydrogen-bond acceptors (Lipinski definition) is 4. The van der Waals surface area contributed by atoms with Crippen LogP contribution in [0, 0.1) is 22.0 Å². The first kappa shape index (κ1) is 12.2. The Morgan fingerprint density at radius 2 is 2.35 bits per heavy atom. The van der Waals surface area contributed by atoms with E-state index < -0.39 is 4.92 Å². The minimum atomic E-state index is -0.620. The molecular formula is C10H6N4O3. The molecule has 0 unspecified atom stereocenters. The van der Waals surface area contributed by atoms with Gasteiger partial charge in [0, 0.05) is 16.5 Å². The summed E-state index contributed by atoms with van der Waals surface area (Å²) in [5.41, 5.74) is 8.15. The van der Waals surface area contributed by atoms with Crippen LogP contribution in [0.25, 0.3) is 10.4 Å². The molecule has 17 heavy (non-hydrogen) atoms. The van der Waals surface area contributed by atoms with E-state index in [4.69, 9.17) is 5.53 Å². The van der Waals surface area contributed by atoms with Crippen molar-refractivity contribution in [2.45, 2.75) is 0 Å². The highest BCUT2D eigenvalue weighted by atomic mass is 16.6. The minimum Gasteiger partial charge on any atom is -0.298 e. The van der Waals surface area contributed by atoms with Crippen LogP contribution in [-0.4, -0.2) is 17.8 Å². The molecule has 84 valence electrons. The number of carbonyl (C=O) groups is 1. The van der Waals surface area contributed by atoms with Crippen molar-refractivity contribution in [3.63, 3.8) is 0 Å². The summed E-state index contributed by atoms with van der Waals surface area (Å²) in [7, 11) is 0. The first-order valence-electron chi connectivity index (χ1n) is 4.42. The normalized spacial score (nSPS) is 8.47. The largest absolute Gasteiger partial charge is 0.298 e. The Morgan fingerprint density at radius 3 is 2.94 bits per heavy atom. The van der Waals surface area contributed by atoms with Gasteiger partial charge in [0.2, 0.25) is 0 Å². The molecule has 0 saturated carbocycles. The molecule has 1 rings (SSSR count). The first-order chi connectivity index (χ1) is 8.19. The number of aldehydes is 1. The van der Waals surface area contributed by atoms with Gasteiger partial charge >= 0.3 is 0 Å². The van der Waals surface area contributed by atoms with Gasteiger partial charge in [-0.05, 0) is 17.7 Å². The molecule has 1 aromatic rings. The predicted molar refractivity (Wildman–Crippen MR) is 59.4 cm³/mol. The molecule has 0 N–H and O–H groups in total. The lowest BCUT2D eigenvalue weighted by molar-refractivity contribution is -0.385. The molecule has 0 radical (unpaired) electrons. The van der Waals surface area contributed by atoms with Crippen LogP contribution in [0.15, 0.2) is 23.3 Å². The first-order valence-corrected chi connectivity index (χ1v) is 4.42. The second kappa shape index (κ2) is 5.90. The van der Waals surface area contributed by atoms with Crippen LogP contribution >= 0.6 is 0 Å². The monoisotopic (exact) mass is 230 g/mol. The Morgan fingerprint density at radius 1 is 1.59 bits per heavy atom. The Balaban J connectivity index is 3.13. The maximum Gasteiger partial charge on any atom is 0.285 e. The molecule has 7 heteroatoms. The van der Waals surface area contributed by atoms with Crippen molar-refractivity contribution in [1.82, 2.24) is 0 Å². The van der Waals surface area contributed by atoms with Crippen LogP contribution in [0.1, 0.15) is 15.9 Å². The van der Waals surface area contributed by atoms with Gasteiger partial charge < -0.3 is 0 Å². The number of carbonyl (C=O) groups excluding carboxylic acids is 1. The standard InChI is InChI=1S/C10H6N4O3/c11-13-12-5-1-2-9-4-3-8(7-15)6-10(9)14(16)17/h3-4,6-7H,5H2. The second-order valence-corrected chi connectivity index (χ2v) is 2.84. The third kappa shape index (κ3) is 3.34. The molecule has 0 spiro atoms. The summed E-state index contributed by atoms with van der Waals surface area (Å²) >= 11 is 0. The SMILES string of the molecule is [N-]=[N+]=NCC#Cc1ccc(C=O)cc1[N+](=O)[O-]. The highest BCUT2D eigenvalue weighted by molar-refractivity contribution is 5.77. The third-order valence-corrected chi connectivity index (χ3v) is 1.79. The smallest absolute Gasteiger partial charge is 0.285 e. The highest BCUT2D eigenvalue weighted by Gasteiger charge is 2.12. The lowest BCUT2D eigenvalue weighted by Gasteiger charge is -1.96. The number of nitro groups is 1. The number of nitro benzene ring substituents is 1. The van der Waals surface area contributed by atoms with E-state index >= 15 is 0 Å². The second-order valence-electron chi connectivity index (χ2n) is 2.84.